The molecule has 0 bridgehead atoms. The molecule has 19 heavy (non-hydrogen) atoms. The number of rotatable bonds is 3. The fraction of sp³-hybridized carbons (Fsp3) is 0.214. The molecule has 2 aromatic rings. The highest BCUT2D eigenvalue weighted by Crippen LogP contribution is 2.34. The lowest BCUT2D eigenvalue weighted by molar-refractivity contribution is 0.989. The van der Waals surface area contributed by atoms with E-state index in [4.69, 9.17) is 34.8 Å². The summed E-state index contributed by atoms with van der Waals surface area (Å²) in [6, 6.07) is 9.74. The molecule has 2 nitrogen and oxygen atoms in total. The summed E-state index contributed by atoms with van der Waals surface area (Å²) < 4.78 is 0. The first-order chi connectivity index (χ1) is 9.02. The molecule has 0 amide bonds. The van der Waals surface area contributed by atoms with E-state index in [1.807, 2.05) is 36.9 Å². The predicted octanol–water partition coefficient (Wildman–Crippen LogP) is 5.51. The smallest absolute Gasteiger partial charge is 0.153 e. The number of aryl methyl sites for hydroxylation is 1. The fourth-order valence-corrected chi connectivity index (χ4v) is 2.47. The van der Waals surface area contributed by atoms with Crippen LogP contribution in [0.1, 0.15) is 12.5 Å². The van der Waals surface area contributed by atoms with Gasteiger partial charge in [0.25, 0.3) is 0 Å². The van der Waals surface area contributed by atoms with Crippen LogP contribution >= 0.6 is 34.8 Å². The van der Waals surface area contributed by atoms with Crippen LogP contribution in [-0.4, -0.2) is 11.5 Å². The van der Waals surface area contributed by atoms with Crippen molar-refractivity contribution < 1.29 is 0 Å². The number of pyridine rings is 1. The van der Waals surface area contributed by atoms with Gasteiger partial charge in [-0.3, -0.25) is 0 Å². The fourth-order valence-electron chi connectivity index (χ4n) is 1.87. The molecular formula is C14H13Cl3N2. The highest BCUT2D eigenvalue weighted by molar-refractivity contribution is 6.43. The highest BCUT2D eigenvalue weighted by Gasteiger charge is 2.15. The molecule has 1 aromatic heterocycles. The number of anilines is 2. The summed E-state index contributed by atoms with van der Waals surface area (Å²) in [5, 5.41) is 1.10. The molecule has 2 rings (SSSR count). The first-order valence-corrected chi connectivity index (χ1v) is 7.02. The van der Waals surface area contributed by atoms with Crippen LogP contribution in [0.5, 0.6) is 0 Å². The number of hydrogen-bond donors (Lipinski definition) is 0. The highest BCUT2D eigenvalue weighted by atomic mass is 35.5. The van der Waals surface area contributed by atoms with Gasteiger partial charge in [0.1, 0.15) is 5.15 Å². The quantitative estimate of drug-likeness (QED) is 0.694. The van der Waals surface area contributed by atoms with E-state index in [9.17, 15) is 0 Å². The molecule has 0 saturated carbocycles. The molecule has 0 atom stereocenters. The average Bonchev–Trinajstić information content (AvgIpc) is 2.36. The van der Waals surface area contributed by atoms with Crippen molar-refractivity contribution in [3.05, 3.63) is 51.1 Å². The van der Waals surface area contributed by atoms with E-state index >= 15 is 0 Å². The SMILES string of the molecule is CCN(c1cccc(C)c1)c1nc(Cl)c(Cl)cc1Cl. The van der Waals surface area contributed by atoms with Crippen LogP contribution in [0, 0.1) is 6.92 Å². The van der Waals surface area contributed by atoms with Crippen molar-refractivity contribution in [3.63, 3.8) is 0 Å². The summed E-state index contributed by atoms with van der Waals surface area (Å²) in [5.41, 5.74) is 2.20. The molecule has 1 heterocycles. The standard InChI is InChI=1S/C14H13Cl3N2/c1-3-19(10-6-4-5-9(2)7-10)14-12(16)8-11(15)13(17)18-14/h4-8H,3H2,1-2H3. The maximum Gasteiger partial charge on any atom is 0.153 e. The van der Waals surface area contributed by atoms with E-state index in [1.165, 1.54) is 5.56 Å². The van der Waals surface area contributed by atoms with E-state index in [-0.39, 0.29) is 5.15 Å². The number of nitrogens with zero attached hydrogens (tertiary/aromatic N) is 2. The van der Waals surface area contributed by atoms with Crippen LogP contribution in [0.15, 0.2) is 30.3 Å². The van der Waals surface area contributed by atoms with Crippen LogP contribution in [0.2, 0.25) is 15.2 Å². The van der Waals surface area contributed by atoms with E-state index in [2.05, 4.69) is 11.1 Å². The summed E-state index contributed by atoms with van der Waals surface area (Å²) in [6.45, 7) is 4.80. The van der Waals surface area contributed by atoms with Crippen molar-refractivity contribution in [3.8, 4) is 0 Å². The normalized spacial score (nSPS) is 10.6. The van der Waals surface area contributed by atoms with Gasteiger partial charge in [-0.2, -0.15) is 0 Å². The molecule has 100 valence electrons. The van der Waals surface area contributed by atoms with Gasteiger partial charge in [-0.1, -0.05) is 46.9 Å². The minimum absolute atomic E-state index is 0.257. The lowest BCUT2D eigenvalue weighted by Gasteiger charge is -2.23. The second-order valence-electron chi connectivity index (χ2n) is 4.15. The average molecular weight is 316 g/mol. The first kappa shape index (κ1) is 14.4. The third-order valence-electron chi connectivity index (χ3n) is 2.75. The molecule has 0 N–H and O–H groups in total. The second-order valence-corrected chi connectivity index (χ2v) is 5.32. The Morgan fingerprint density at radius 1 is 1.11 bits per heavy atom. The molecule has 0 saturated heterocycles. The van der Waals surface area contributed by atoms with Crippen LogP contribution < -0.4 is 4.90 Å². The largest absolute Gasteiger partial charge is 0.325 e. The number of aromatic nitrogens is 1. The van der Waals surface area contributed by atoms with E-state index in [0.29, 0.717) is 15.9 Å². The van der Waals surface area contributed by atoms with Crippen molar-refractivity contribution in [1.82, 2.24) is 4.98 Å². The molecule has 0 fully saturated rings. The van der Waals surface area contributed by atoms with Crippen LogP contribution in [0.3, 0.4) is 0 Å². The van der Waals surface area contributed by atoms with Gasteiger partial charge in [-0.15, -0.1) is 0 Å². The van der Waals surface area contributed by atoms with Gasteiger partial charge < -0.3 is 4.90 Å². The maximum atomic E-state index is 6.22. The molecular weight excluding hydrogens is 303 g/mol. The van der Waals surface area contributed by atoms with E-state index < -0.39 is 0 Å². The molecule has 0 spiro atoms. The lowest BCUT2D eigenvalue weighted by Crippen LogP contribution is -2.18. The van der Waals surface area contributed by atoms with Crippen molar-refractivity contribution >= 4 is 46.3 Å². The van der Waals surface area contributed by atoms with Gasteiger partial charge in [0.05, 0.1) is 10.0 Å². The van der Waals surface area contributed by atoms with Gasteiger partial charge in [0, 0.05) is 12.2 Å². The van der Waals surface area contributed by atoms with Crippen LogP contribution in [0.4, 0.5) is 11.5 Å². The summed E-state index contributed by atoms with van der Waals surface area (Å²) in [6.07, 6.45) is 0. The number of benzene rings is 1. The molecule has 5 heteroatoms. The Bertz CT molecular complexity index is 599. The van der Waals surface area contributed by atoms with Crippen molar-refractivity contribution in [2.75, 3.05) is 11.4 Å². The molecule has 0 radical (unpaired) electrons. The Balaban J connectivity index is 2.51. The lowest BCUT2D eigenvalue weighted by atomic mass is 10.2. The Morgan fingerprint density at radius 2 is 1.84 bits per heavy atom. The topological polar surface area (TPSA) is 16.1 Å². The Labute approximate surface area is 127 Å². The second kappa shape index (κ2) is 6.00. The minimum atomic E-state index is 0.257. The Kier molecular flexibility index (Phi) is 4.56. The minimum Gasteiger partial charge on any atom is -0.325 e. The van der Waals surface area contributed by atoms with E-state index in [0.717, 1.165) is 12.2 Å². The van der Waals surface area contributed by atoms with Gasteiger partial charge in [0.2, 0.25) is 0 Å². The summed E-state index contributed by atoms with van der Waals surface area (Å²) >= 11 is 18.1. The van der Waals surface area contributed by atoms with Crippen molar-refractivity contribution in [2.45, 2.75) is 13.8 Å². The van der Waals surface area contributed by atoms with Gasteiger partial charge in [-0.25, -0.2) is 4.98 Å². The van der Waals surface area contributed by atoms with Crippen LogP contribution in [-0.2, 0) is 0 Å². The summed E-state index contributed by atoms with van der Waals surface area (Å²) in [5.74, 6) is 0.615. The zero-order valence-corrected chi connectivity index (χ0v) is 12.9. The summed E-state index contributed by atoms with van der Waals surface area (Å²) in [4.78, 5) is 6.27. The zero-order valence-electron chi connectivity index (χ0n) is 10.6. The third-order valence-corrected chi connectivity index (χ3v) is 3.70. The Morgan fingerprint density at radius 3 is 2.47 bits per heavy atom. The molecule has 1 aromatic carbocycles. The summed E-state index contributed by atoms with van der Waals surface area (Å²) in [7, 11) is 0. The molecule has 0 aliphatic heterocycles. The van der Waals surface area contributed by atoms with Crippen molar-refractivity contribution in [1.29, 1.82) is 0 Å². The third kappa shape index (κ3) is 3.14. The van der Waals surface area contributed by atoms with Crippen LogP contribution in [0.25, 0.3) is 0 Å². The predicted molar refractivity (Wildman–Crippen MR) is 83.1 cm³/mol. The van der Waals surface area contributed by atoms with Gasteiger partial charge >= 0.3 is 0 Å². The molecule has 0 unspecified atom stereocenters. The van der Waals surface area contributed by atoms with Crippen molar-refractivity contribution in [2.24, 2.45) is 0 Å². The monoisotopic (exact) mass is 314 g/mol. The molecule has 0 aliphatic carbocycles. The van der Waals surface area contributed by atoms with Gasteiger partial charge in [-0.05, 0) is 37.6 Å². The Hall–Kier alpha value is -0.960. The first-order valence-electron chi connectivity index (χ1n) is 5.88. The number of hydrogen-bond acceptors (Lipinski definition) is 2. The molecule has 0 aliphatic rings. The number of halogens is 3. The zero-order chi connectivity index (χ0) is 14.0. The maximum absolute atomic E-state index is 6.22. The van der Waals surface area contributed by atoms with E-state index in [1.54, 1.807) is 6.07 Å². The van der Waals surface area contributed by atoms with Gasteiger partial charge in [0.15, 0.2) is 5.82 Å².